The molecule has 72 valence electrons. The van der Waals surface area contributed by atoms with Gasteiger partial charge < -0.3 is 4.98 Å². The highest BCUT2D eigenvalue weighted by atomic mass is 35.5. The van der Waals surface area contributed by atoms with Crippen LogP contribution in [0.2, 0.25) is 5.02 Å². The van der Waals surface area contributed by atoms with Crippen LogP contribution in [-0.2, 0) is 0 Å². The van der Waals surface area contributed by atoms with Crippen LogP contribution in [0.1, 0.15) is 11.5 Å². The van der Waals surface area contributed by atoms with Gasteiger partial charge in [0, 0.05) is 11.3 Å². The molecule has 1 heterocycles. The van der Waals surface area contributed by atoms with E-state index >= 15 is 0 Å². The van der Waals surface area contributed by atoms with Gasteiger partial charge in [0.25, 0.3) is 0 Å². The average molecular weight is 207 g/mol. The fraction of sp³-hybridized carbons (Fsp3) is 0.182. The minimum absolute atomic E-state index is 0.738. The standard InChI is InChI=1S/C11H11ClN2/c1-7-11(14-8(2)13-7)9-5-3-4-6-10(9)12/h3-6H,1-2H3,(H,13,14). The summed E-state index contributed by atoms with van der Waals surface area (Å²) in [5, 5.41) is 0.738. The Balaban J connectivity index is 2.60. The number of hydrogen-bond donors (Lipinski definition) is 1. The van der Waals surface area contributed by atoms with Gasteiger partial charge >= 0.3 is 0 Å². The van der Waals surface area contributed by atoms with E-state index in [-0.39, 0.29) is 0 Å². The number of hydrogen-bond acceptors (Lipinski definition) is 1. The normalized spacial score (nSPS) is 10.5. The third-order valence-corrected chi connectivity index (χ3v) is 2.46. The predicted molar refractivity (Wildman–Crippen MR) is 58.5 cm³/mol. The van der Waals surface area contributed by atoms with Crippen LogP contribution in [0.5, 0.6) is 0 Å². The SMILES string of the molecule is Cc1nc(-c2ccccc2Cl)c(C)[nH]1. The van der Waals surface area contributed by atoms with Gasteiger partial charge in [-0.15, -0.1) is 0 Å². The first-order chi connectivity index (χ1) is 6.68. The molecule has 1 aromatic heterocycles. The van der Waals surface area contributed by atoms with E-state index in [1.165, 1.54) is 0 Å². The zero-order chi connectivity index (χ0) is 10.1. The molecular weight excluding hydrogens is 196 g/mol. The third kappa shape index (κ3) is 1.53. The first kappa shape index (κ1) is 9.28. The fourth-order valence-electron chi connectivity index (χ4n) is 1.53. The van der Waals surface area contributed by atoms with E-state index in [4.69, 9.17) is 11.6 Å². The Morgan fingerprint density at radius 3 is 2.50 bits per heavy atom. The largest absolute Gasteiger partial charge is 0.346 e. The molecule has 2 nitrogen and oxygen atoms in total. The number of rotatable bonds is 1. The average Bonchev–Trinajstić information content (AvgIpc) is 2.46. The van der Waals surface area contributed by atoms with Crippen LogP contribution < -0.4 is 0 Å². The molecule has 0 spiro atoms. The Labute approximate surface area is 88.0 Å². The lowest BCUT2D eigenvalue weighted by Crippen LogP contribution is -1.82. The molecule has 0 radical (unpaired) electrons. The minimum atomic E-state index is 0.738. The van der Waals surface area contributed by atoms with Crippen LogP contribution in [0.4, 0.5) is 0 Å². The van der Waals surface area contributed by atoms with Gasteiger partial charge in [0.15, 0.2) is 0 Å². The van der Waals surface area contributed by atoms with Crippen LogP contribution in [-0.4, -0.2) is 9.97 Å². The van der Waals surface area contributed by atoms with Crippen LogP contribution in [0.3, 0.4) is 0 Å². The van der Waals surface area contributed by atoms with E-state index in [0.717, 1.165) is 27.8 Å². The van der Waals surface area contributed by atoms with Gasteiger partial charge in [0.2, 0.25) is 0 Å². The Morgan fingerprint density at radius 2 is 1.93 bits per heavy atom. The molecule has 0 saturated heterocycles. The van der Waals surface area contributed by atoms with E-state index in [1.807, 2.05) is 38.1 Å². The molecule has 1 aromatic carbocycles. The molecule has 1 N–H and O–H groups in total. The second kappa shape index (κ2) is 3.46. The van der Waals surface area contributed by atoms with E-state index < -0.39 is 0 Å². The third-order valence-electron chi connectivity index (χ3n) is 2.13. The summed E-state index contributed by atoms with van der Waals surface area (Å²) in [6.45, 7) is 3.94. The van der Waals surface area contributed by atoms with Gasteiger partial charge in [-0.25, -0.2) is 4.98 Å². The quantitative estimate of drug-likeness (QED) is 0.762. The van der Waals surface area contributed by atoms with Crippen molar-refractivity contribution in [2.75, 3.05) is 0 Å². The van der Waals surface area contributed by atoms with Gasteiger partial charge in [0.05, 0.1) is 10.7 Å². The molecule has 0 aliphatic rings. The second-order valence-electron chi connectivity index (χ2n) is 3.28. The summed E-state index contributed by atoms with van der Waals surface area (Å²) in [6, 6.07) is 7.73. The molecule has 2 rings (SSSR count). The number of aryl methyl sites for hydroxylation is 2. The Bertz CT molecular complexity index is 460. The Morgan fingerprint density at radius 1 is 1.21 bits per heavy atom. The van der Waals surface area contributed by atoms with Crippen LogP contribution in [0.15, 0.2) is 24.3 Å². The van der Waals surface area contributed by atoms with E-state index in [0.29, 0.717) is 0 Å². The molecule has 0 unspecified atom stereocenters. The summed E-state index contributed by atoms with van der Waals surface area (Å²) in [5.41, 5.74) is 2.97. The fourth-order valence-corrected chi connectivity index (χ4v) is 1.75. The highest BCUT2D eigenvalue weighted by Gasteiger charge is 2.09. The summed E-state index contributed by atoms with van der Waals surface area (Å²) in [7, 11) is 0. The number of nitrogens with zero attached hydrogens (tertiary/aromatic N) is 1. The van der Waals surface area contributed by atoms with Gasteiger partial charge in [0.1, 0.15) is 5.82 Å². The van der Waals surface area contributed by atoms with E-state index in [9.17, 15) is 0 Å². The summed E-state index contributed by atoms with van der Waals surface area (Å²) in [6.07, 6.45) is 0. The molecule has 3 heteroatoms. The van der Waals surface area contributed by atoms with Crippen molar-refractivity contribution in [2.24, 2.45) is 0 Å². The maximum Gasteiger partial charge on any atom is 0.103 e. The Hall–Kier alpha value is -1.28. The number of aromatic amines is 1. The zero-order valence-electron chi connectivity index (χ0n) is 8.13. The maximum absolute atomic E-state index is 6.09. The molecule has 0 aliphatic carbocycles. The molecule has 0 saturated carbocycles. The van der Waals surface area contributed by atoms with Crippen molar-refractivity contribution >= 4 is 11.6 Å². The van der Waals surface area contributed by atoms with Crippen molar-refractivity contribution in [3.05, 3.63) is 40.8 Å². The summed E-state index contributed by atoms with van der Waals surface area (Å²) < 4.78 is 0. The topological polar surface area (TPSA) is 28.7 Å². The maximum atomic E-state index is 6.09. The lowest BCUT2D eigenvalue weighted by atomic mass is 10.1. The predicted octanol–water partition coefficient (Wildman–Crippen LogP) is 3.35. The number of aromatic nitrogens is 2. The summed E-state index contributed by atoms with van der Waals surface area (Å²) >= 11 is 6.09. The molecule has 14 heavy (non-hydrogen) atoms. The molecule has 0 atom stereocenters. The number of benzene rings is 1. The van der Waals surface area contributed by atoms with E-state index in [1.54, 1.807) is 0 Å². The summed E-state index contributed by atoms with van der Waals surface area (Å²) in [5.74, 6) is 0.914. The van der Waals surface area contributed by atoms with Crippen molar-refractivity contribution < 1.29 is 0 Å². The second-order valence-corrected chi connectivity index (χ2v) is 3.68. The minimum Gasteiger partial charge on any atom is -0.346 e. The monoisotopic (exact) mass is 206 g/mol. The molecular formula is C11H11ClN2. The first-order valence-electron chi connectivity index (χ1n) is 4.46. The van der Waals surface area contributed by atoms with Gasteiger partial charge in [-0.2, -0.15) is 0 Å². The number of imidazole rings is 1. The van der Waals surface area contributed by atoms with E-state index in [2.05, 4.69) is 9.97 Å². The molecule has 2 aromatic rings. The number of H-pyrrole nitrogens is 1. The lowest BCUT2D eigenvalue weighted by molar-refractivity contribution is 1.13. The molecule has 0 aliphatic heterocycles. The highest BCUT2D eigenvalue weighted by molar-refractivity contribution is 6.33. The van der Waals surface area contributed by atoms with Gasteiger partial charge in [-0.3, -0.25) is 0 Å². The Kier molecular flexibility index (Phi) is 2.30. The van der Waals surface area contributed by atoms with Crippen molar-refractivity contribution in [3.63, 3.8) is 0 Å². The first-order valence-corrected chi connectivity index (χ1v) is 4.84. The van der Waals surface area contributed by atoms with Crippen LogP contribution in [0, 0.1) is 13.8 Å². The number of nitrogens with one attached hydrogen (secondary N) is 1. The van der Waals surface area contributed by atoms with Gasteiger partial charge in [-0.1, -0.05) is 29.8 Å². The zero-order valence-corrected chi connectivity index (χ0v) is 8.89. The summed E-state index contributed by atoms with van der Waals surface area (Å²) in [4.78, 5) is 7.56. The van der Waals surface area contributed by atoms with Crippen LogP contribution >= 0.6 is 11.6 Å². The van der Waals surface area contributed by atoms with Crippen molar-refractivity contribution in [2.45, 2.75) is 13.8 Å². The van der Waals surface area contributed by atoms with Crippen molar-refractivity contribution in [1.82, 2.24) is 9.97 Å². The van der Waals surface area contributed by atoms with Crippen molar-refractivity contribution in [3.8, 4) is 11.3 Å². The molecule has 0 fully saturated rings. The molecule has 0 bridgehead atoms. The molecule has 0 amide bonds. The highest BCUT2D eigenvalue weighted by Crippen LogP contribution is 2.28. The van der Waals surface area contributed by atoms with Crippen LogP contribution in [0.25, 0.3) is 11.3 Å². The lowest BCUT2D eigenvalue weighted by Gasteiger charge is -2.00. The van der Waals surface area contributed by atoms with Gasteiger partial charge in [-0.05, 0) is 19.9 Å². The number of halogens is 1. The van der Waals surface area contributed by atoms with Crippen molar-refractivity contribution in [1.29, 1.82) is 0 Å². The smallest absolute Gasteiger partial charge is 0.103 e.